The highest BCUT2D eigenvalue weighted by Crippen LogP contribution is 2.57. The third-order valence-electron chi connectivity index (χ3n) is 9.50. The second-order valence-electron chi connectivity index (χ2n) is 13.2. The number of ether oxygens (including phenoxy) is 1. The summed E-state index contributed by atoms with van der Waals surface area (Å²) in [5, 5.41) is 22.0. The standard InChI is InChI=1S/C38H38F3N3O5/c1-36(2,34(46)47)49-31-18-16-30(17-19-31)44-32(27-10-8-26(9-11-27)24-25-6-4-3-5-7-25)37(33(44)45)20-22-43(23-21-37)35(48)42-29-14-12-28(13-15-29)38(39,40)41/h3-19,32,34,46-47H,20-24H2,1-2H3,(H,42,48). The van der Waals surface area contributed by atoms with Gasteiger partial charge in [0.25, 0.3) is 0 Å². The van der Waals surface area contributed by atoms with Crippen LogP contribution in [0.5, 0.6) is 5.75 Å². The molecule has 6 rings (SSSR count). The van der Waals surface area contributed by atoms with Gasteiger partial charge in [0.1, 0.15) is 5.75 Å². The Bertz CT molecular complexity index is 1770. The van der Waals surface area contributed by atoms with Crippen LogP contribution in [0, 0.1) is 5.41 Å². The lowest BCUT2D eigenvalue weighted by atomic mass is 9.62. The molecule has 2 fully saturated rings. The molecule has 0 saturated carbocycles. The number of carbonyl (C=O) groups is 2. The molecule has 256 valence electrons. The average molecular weight is 674 g/mol. The normalized spacial score (nSPS) is 17.6. The lowest BCUT2D eigenvalue weighted by Crippen LogP contribution is -2.67. The highest BCUT2D eigenvalue weighted by Gasteiger charge is 2.62. The lowest BCUT2D eigenvalue weighted by Gasteiger charge is -2.59. The van der Waals surface area contributed by atoms with Gasteiger partial charge in [-0.2, -0.15) is 13.2 Å². The van der Waals surface area contributed by atoms with Gasteiger partial charge in [0.2, 0.25) is 5.91 Å². The number of aliphatic hydroxyl groups excluding tert-OH is 1. The van der Waals surface area contributed by atoms with Crippen LogP contribution in [-0.4, -0.2) is 52.0 Å². The van der Waals surface area contributed by atoms with Crippen molar-refractivity contribution in [1.82, 2.24) is 4.90 Å². The Morgan fingerprint density at radius 1 is 0.878 bits per heavy atom. The van der Waals surface area contributed by atoms with E-state index in [1.54, 1.807) is 47.9 Å². The van der Waals surface area contributed by atoms with Crippen molar-refractivity contribution in [2.75, 3.05) is 23.3 Å². The van der Waals surface area contributed by atoms with Gasteiger partial charge in [0.05, 0.1) is 17.0 Å². The molecular formula is C38H38F3N3O5. The first-order valence-corrected chi connectivity index (χ1v) is 16.1. The van der Waals surface area contributed by atoms with Crippen molar-refractivity contribution in [3.8, 4) is 5.75 Å². The SMILES string of the molecule is CC(C)(Oc1ccc(N2C(=O)C3(CCN(C(=O)Nc4ccc(C(F)(F)F)cc4)CC3)C2c2ccc(Cc3ccccc3)cc2)cc1)C(O)O. The summed E-state index contributed by atoms with van der Waals surface area (Å²) in [7, 11) is 0. The Morgan fingerprint density at radius 2 is 1.47 bits per heavy atom. The molecule has 1 spiro atoms. The molecule has 49 heavy (non-hydrogen) atoms. The first-order chi connectivity index (χ1) is 23.3. The molecule has 2 heterocycles. The summed E-state index contributed by atoms with van der Waals surface area (Å²) in [5.74, 6) is 0.354. The van der Waals surface area contributed by atoms with Crippen molar-refractivity contribution in [2.45, 2.75) is 57.2 Å². The number of anilines is 2. The van der Waals surface area contributed by atoms with Gasteiger partial charge in [-0.25, -0.2) is 4.79 Å². The molecular weight excluding hydrogens is 635 g/mol. The fraction of sp³-hybridized carbons (Fsp3) is 0.316. The number of nitrogens with one attached hydrogen (secondary N) is 1. The molecule has 0 radical (unpaired) electrons. The van der Waals surface area contributed by atoms with E-state index in [4.69, 9.17) is 4.74 Å². The Kier molecular flexibility index (Phi) is 9.17. The summed E-state index contributed by atoms with van der Waals surface area (Å²) in [5.41, 5.74) is 1.39. The molecule has 2 aliphatic rings. The first-order valence-electron chi connectivity index (χ1n) is 16.1. The summed E-state index contributed by atoms with van der Waals surface area (Å²) >= 11 is 0. The smallest absolute Gasteiger partial charge is 0.416 e. The number of urea groups is 1. The van der Waals surface area contributed by atoms with Gasteiger partial charge in [0, 0.05) is 24.5 Å². The topological polar surface area (TPSA) is 102 Å². The number of likely N-dealkylation sites (tertiary alicyclic amines) is 1. The van der Waals surface area contributed by atoms with Crippen LogP contribution >= 0.6 is 0 Å². The van der Waals surface area contributed by atoms with Gasteiger partial charge in [-0.15, -0.1) is 0 Å². The van der Waals surface area contributed by atoms with Crippen molar-refractivity contribution in [2.24, 2.45) is 5.41 Å². The summed E-state index contributed by atoms with van der Waals surface area (Å²) in [6.07, 6.45) is -4.59. The predicted octanol–water partition coefficient (Wildman–Crippen LogP) is 7.17. The number of β-lactam (4-membered cyclic amide) rings is 1. The molecule has 8 nitrogen and oxygen atoms in total. The van der Waals surface area contributed by atoms with Gasteiger partial charge in [-0.05, 0) is 98.3 Å². The number of nitrogens with zero attached hydrogens (tertiary/aromatic N) is 2. The zero-order chi connectivity index (χ0) is 35.0. The van der Waals surface area contributed by atoms with E-state index >= 15 is 0 Å². The first kappa shape index (κ1) is 34.0. The molecule has 0 bridgehead atoms. The minimum absolute atomic E-state index is 0.0616. The van der Waals surface area contributed by atoms with Gasteiger partial charge >= 0.3 is 12.2 Å². The molecule has 4 aromatic carbocycles. The molecule has 3 amide bonds. The van der Waals surface area contributed by atoms with Crippen LogP contribution in [0.3, 0.4) is 0 Å². The summed E-state index contributed by atoms with van der Waals surface area (Å²) in [6, 6.07) is 28.8. The van der Waals surface area contributed by atoms with Crippen LogP contribution in [-0.2, 0) is 17.4 Å². The molecule has 0 aliphatic carbocycles. The monoisotopic (exact) mass is 673 g/mol. The second-order valence-corrected chi connectivity index (χ2v) is 13.2. The molecule has 4 aromatic rings. The fourth-order valence-corrected chi connectivity index (χ4v) is 6.61. The predicted molar refractivity (Wildman–Crippen MR) is 179 cm³/mol. The van der Waals surface area contributed by atoms with Gasteiger partial charge in [0.15, 0.2) is 11.9 Å². The van der Waals surface area contributed by atoms with E-state index < -0.39 is 35.1 Å². The van der Waals surface area contributed by atoms with Crippen LogP contribution in [0.25, 0.3) is 0 Å². The van der Waals surface area contributed by atoms with Gasteiger partial charge in [-0.1, -0.05) is 54.6 Å². The number of alkyl halides is 3. The average Bonchev–Trinajstić information content (AvgIpc) is 3.08. The minimum atomic E-state index is -4.47. The summed E-state index contributed by atoms with van der Waals surface area (Å²) < 4.78 is 44.7. The highest BCUT2D eigenvalue weighted by atomic mass is 19.4. The van der Waals surface area contributed by atoms with Gasteiger partial charge < -0.3 is 30.1 Å². The van der Waals surface area contributed by atoms with E-state index in [-0.39, 0.29) is 17.6 Å². The number of aliphatic hydroxyl groups is 2. The van der Waals surface area contributed by atoms with Crippen LogP contribution < -0.4 is 15.0 Å². The van der Waals surface area contributed by atoms with Crippen molar-refractivity contribution < 1.29 is 37.7 Å². The quantitative estimate of drug-likeness (QED) is 0.136. The van der Waals surface area contributed by atoms with Crippen molar-refractivity contribution in [3.63, 3.8) is 0 Å². The maximum atomic E-state index is 14.1. The number of carbonyl (C=O) groups excluding carboxylic acids is 2. The summed E-state index contributed by atoms with van der Waals surface area (Å²) in [4.78, 5) is 30.6. The van der Waals surface area contributed by atoms with Crippen LogP contribution in [0.1, 0.15) is 55.0 Å². The summed E-state index contributed by atoms with van der Waals surface area (Å²) in [6.45, 7) is 3.70. The molecule has 0 aromatic heterocycles. The number of halogens is 3. The van der Waals surface area contributed by atoms with Crippen molar-refractivity contribution in [1.29, 1.82) is 0 Å². The van der Waals surface area contributed by atoms with E-state index in [0.29, 0.717) is 37.4 Å². The Hall–Kier alpha value is -4.87. The highest BCUT2D eigenvalue weighted by molar-refractivity contribution is 6.06. The van der Waals surface area contributed by atoms with E-state index in [1.807, 2.05) is 18.2 Å². The van der Waals surface area contributed by atoms with E-state index in [9.17, 15) is 33.0 Å². The zero-order valence-electron chi connectivity index (χ0n) is 27.2. The maximum absolute atomic E-state index is 14.1. The Morgan fingerprint density at radius 3 is 2.04 bits per heavy atom. The fourth-order valence-electron chi connectivity index (χ4n) is 6.61. The number of rotatable bonds is 8. The number of hydrogen-bond donors (Lipinski definition) is 3. The van der Waals surface area contributed by atoms with E-state index in [0.717, 1.165) is 29.7 Å². The largest absolute Gasteiger partial charge is 0.483 e. The zero-order valence-corrected chi connectivity index (χ0v) is 27.2. The third-order valence-corrected chi connectivity index (χ3v) is 9.50. The number of amides is 3. The van der Waals surface area contributed by atoms with Crippen LogP contribution in [0.4, 0.5) is 29.3 Å². The van der Waals surface area contributed by atoms with Crippen molar-refractivity contribution >= 4 is 23.3 Å². The molecule has 1 atom stereocenters. The van der Waals surface area contributed by atoms with Crippen LogP contribution in [0.2, 0.25) is 0 Å². The van der Waals surface area contributed by atoms with Gasteiger partial charge in [-0.3, -0.25) is 4.79 Å². The number of benzene rings is 4. The third kappa shape index (κ3) is 7.00. The van der Waals surface area contributed by atoms with E-state index in [2.05, 4.69) is 41.7 Å². The lowest BCUT2D eigenvalue weighted by molar-refractivity contribution is -0.154. The van der Waals surface area contributed by atoms with Crippen molar-refractivity contribution in [3.05, 3.63) is 125 Å². The molecule has 2 saturated heterocycles. The Balaban J connectivity index is 1.21. The Labute approximate surface area is 282 Å². The maximum Gasteiger partial charge on any atom is 0.416 e. The van der Waals surface area contributed by atoms with Crippen LogP contribution in [0.15, 0.2) is 103 Å². The minimum Gasteiger partial charge on any atom is -0.483 e. The molecule has 1 unspecified atom stereocenters. The number of hydrogen-bond acceptors (Lipinski definition) is 5. The van der Waals surface area contributed by atoms with E-state index in [1.165, 1.54) is 17.7 Å². The molecule has 3 N–H and O–H groups in total. The second kappa shape index (κ2) is 13.2. The number of piperidine rings is 1. The molecule has 2 aliphatic heterocycles. The molecule has 11 heteroatoms.